The molecule has 0 atom stereocenters. The van der Waals surface area contributed by atoms with Gasteiger partial charge >= 0.3 is 0 Å². The van der Waals surface area contributed by atoms with Crippen LogP contribution in [0.1, 0.15) is 11.1 Å². The number of hydrogen-bond donors (Lipinski definition) is 2. The molecule has 2 aromatic rings. The van der Waals surface area contributed by atoms with E-state index in [1.807, 2.05) is 0 Å². The predicted molar refractivity (Wildman–Crippen MR) is 70.0 cm³/mol. The van der Waals surface area contributed by atoms with Gasteiger partial charge in [0.05, 0.1) is 5.02 Å². The normalized spacial score (nSPS) is 10.7. The number of rotatable bonds is 4. The molecule has 0 aliphatic rings. The minimum absolute atomic E-state index is 0.0334. The minimum atomic E-state index is -0.465. The van der Waals surface area contributed by atoms with E-state index >= 15 is 0 Å². The molecule has 2 rings (SSSR count). The topological polar surface area (TPSA) is 32.3 Å². The van der Waals surface area contributed by atoms with Crippen molar-refractivity contribution >= 4 is 11.6 Å². The van der Waals surface area contributed by atoms with Gasteiger partial charge in [-0.05, 0) is 35.9 Å². The molecule has 2 nitrogen and oxygen atoms in total. The summed E-state index contributed by atoms with van der Waals surface area (Å²) in [4.78, 5) is 0. The molecule has 0 bridgehead atoms. The number of benzene rings is 2. The molecule has 0 aliphatic carbocycles. The van der Waals surface area contributed by atoms with E-state index in [0.717, 1.165) is 5.56 Å². The van der Waals surface area contributed by atoms with Crippen LogP contribution >= 0.6 is 11.6 Å². The Hall–Kier alpha value is -1.65. The van der Waals surface area contributed by atoms with Crippen molar-refractivity contribution in [1.29, 1.82) is 0 Å². The molecular formula is C14H12ClF2NO. The van der Waals surface area contributed by atoms with E-state index in [1.54, 1.807) is 6.07 Å². The molecule has 0 saturated heterocycles. The van der Waals surface area contributed by atoms with Crippen LogP contribution in [0.15, 0.2) is 36.4 Å². The van der Waals surface area contributed by atoms with Crippen molar-refractivity contribution in [3.8, 4) is 5.75 Å². The van der Waals surface area contributed by atoms with E-state index in [4.69, 9.17) is 11.6 Å². The van der Waals surface area contributed by atoms with Gasteiger partial charge in [-0.25, -0.2) is 8.78 Å². The minimum Gasteiger partial charge on any atom is -0.508 e. The third-order valence-corrected chi connectivity index (χ3v) is 2.96. The summed E-state index contributed by atoms with van der Waals surface area (Å²) in [6.07, 6.45) is 0. The van der Waals surface area contributed by atoms with E-state index < -0.39 is 11.6 Å². The molecule has 0 unspecified atom stereocenters. The van der Waals surface area contributed by atoms with Gasteiger partial charge in [-0.15, -0.1) is 0 Å². The largest absolute Gasteiger partial charge is 0.508 e. The summed E-state index contributed by atoms with van der Waals surface area (Å²) < 4.78 is 26.0. The van der Waals surface area contributed by atoms with E-state index in [2.05, 4.69) is 5.32 Å². The first-order valence-corrected chi connectivity index (χ1v) is 6.06. The Kier molecular flexibility index (Phi) is 4.35. The summed E-state index contributed by atoms with van der Waals surface area (Å²) in [6.45, 7) is 0.745. The zero-order chi connectivity index (χ0) is 13.8. The van der Waals surface area contributed by atoms with E-state index in [1.165, 1.54) is 30.3 Å². The molecule has 19 heavy (non-hydrogen) atoms. The summed E-state index contributed by atoms with van der Waals surface area (Å²) in [7, 11) is 0. The summed E-state index contributed by atoms with van der Waals surface area (Å²) in [5.41, 5.74) is 1.27. The molecule has 0 fully saturated rings. The Morgan fingerprint density at radius 1 is 1.05 bits per heavy atom. The number of phenolic OH excluding ortho intramolecular Hbond substituents is 1. The molecule has 0 spiro atoms. The fourth-order valence-corrected chi connectivity index (χ4v) is 1.89. The average molecular weight is 284 g/mol. The van der Waals surface area contributed by atoms with Gasteiger partial charge in [0.15, 0.2) is 0 Å². The van der Waals surface area contributed by atoms with Gasteiger partial charge < -0.3 is 10.4 Å². The lowest BCUT2D eigenvalue weighted by Crippen LogP contribution is -2.13. The number of phenols is 1. The number of halogens is 3. The fraction of sp³-hybridized carbons (Fsp3) is 0.143. The highest BCUT2D eigenvalue weighted by Crippen LogP contribution is 2.18. The smallest absolute Gasteiger partial charge is 0.141 e. The molecule has 100 valence electrons. The third-order valence-electron chi connectivity index (χ3n) is 2.67. The van der Waals surface area contributed by atoms with Crippen molar-refractivity contribution in [2.24, 2.45) is 0 Å². The van der Waals surface area contributed by atoms with E-state index in [-0.39, 0.29) is 10.8 Å². The van der Waals surface area contributed by atoms with Crippen LogP contribution < -0.4 is 5.32 Å². The van der Waals surface area contributed by atoms with Gasteiger partial charge in [0.1, 0.15) is 17.4 Å². The lowest BCUT2D eigenvalue weighted by molar-refractivity contribution is 0.461. The lowest BCUT2D eigenvalue weighted by Gasteiger charge is -2.07. The molecule has 0 amide bonds. The summed E-state index contributed by atoms with van der Waals surface area (Å²) in [5, 5.41) is 12.6. The lowest BCUT2D eigenvalue weighted by atomic mass is 10.2. The van der Waals surface area contributed by atoms with Crippen molar-refractivity contribution in [3.63, 3.8) is 0 Å². The molecule has 0 radical (unpaired) electrons. The van der Waals surface area contributed by atoms with Crippen molar-refractivity contribution < 1.29 is 13.9 Å². The molecule has 0 aliphatic heterocycles. The first-order chi connectivity index (χ1) is 9.06. The van der Waals surface area contributed by atoms with Crippen molar-refractivity contribution in [2.45, 2.75) is 13.1 Å². The Bertz CT molecular complexity index is 590. The maximum absolute atomic E-state index is 13.0. The molecule has 2 aromatic carbocycles. The molecule has 2 N–H and O–H groups in total. The monoisotopic (exact) mass is 283 g/mol. The van der Waals surface area contributed by atoms with Gasteiger partial charge in [0, 0.05) is 18.7 Å². The molecule has 5 heteroatoms. The highest BCUT2D eigenvalue weighted by molar-refractivity contribution is 6.30. The van der Waals surface area contributed by atoms with Crippen LogP contribution in [-0.2, 0) is 13.1 Å². The molecule has 0 aromatic heterocycles. The fourth-order valence-electron chi connectivity index (χ4n) is 1.69. The second-order valence-electron chi connectivity index (χ2n) is 4.13. The Labute approximate surface area is 114 Å². The van der Waals surface area contributed by atoms with Crippen LogP contribution in [0.4, 0.5) is 8.78 Å². The standard InChI is InChI=1S/C14H12ClF2NO/c15-12-5-9(1-3-13(12)17)7-18-8-10-6-11(16)2-4-14(10)19/h1-6,18-19H,7-8H2. The van der Waals surface area contributed by atoms with Crippen LogP contribution in [0.2, 0.25) is 5.02 Å². The first kappa shape index (κ1) is 13.8. The van der Waals surface area contributed by atoms with Crippen LogP contribution in [0.25, 0.3) is 0 Å². The zero-order valence-electron chi connectivity index (χ0n) is 9.96. The van der Waals surface area contributed by atoms with Gasteiger partial charge in [-0.3, -0.25) is 0 Å². The zero-order valence-corrected chi connectivity index (χ0v) is 10.7. The van der Waals surface area contributed by atoms with Crippen LogP contribution in [-0.4, -0.2) is 5.11 Å². The van der Waals surface area contributed by atoms with Crippen LogP contribution in [0.3, 0.4) is 0 Å². The first-order valence-electron chi connectivity index (χ1n) is 5.68. The second-order valence-corrected chi connectivity index (χ2v) is 4.53. The summed E-state index contributed by atoms with van der Waals surface area (Å²) in [5.74, 6) is -0.835. The van der Waals surface area contributed by atoms with Gasteiger partial charge in [-0.1, -0.05) is 17.7 Å². The molecule has 0 heterocycles. The maximum Gasteiger partial charge on any atom is 0.141 e. The van der Waals surface area contributed by atoms with Crippen molar-refractivity contribution in [2.75, 3.05) is 0 Å². The Morgan fingerprint density at radius 2 is 1.84 bits per heavy atom. The average Bonchev–Trinajstić information content (AvgIpc) is 2.38. The van der Waals surface area contributed by atoms with Crippen LogP contribution in [0.5, 0.6) is 5.75 Å². The maximum atomic E-state index is 13.0. The van der Waals surface area contributed by atoms with E-state index in [9.17, 15) is 13.9 Å². The highest BCUT2D eigenvalue weighted by atomic mass is 35.5. The van der Waals surface area contributed by atoms with Crippen LogP contribution in [0, 0.1) is 11.6 Å². The highest BCUT2D eigenvalue weighted by Gasteiger charge is 2.04. The van der Waals surface area contributed by atoms with Gasteiger partial charge in [-0.2, -0.15) is 0 Å². The SMILES string of the molecule is Oc1ccc(F)cc1CNCc1ccc(F)c(Cl)c1. The number of hydrogen-bond acceptors (Lipinski definition) is 2. The Morgan fingerprint density at radius 3 is 2.58 bits per heavy atom. The third kappa shape index (κ3) is 3.66. The number of nitrogens with one attached hydrogen (secondary N) is 1. The molecular weight excluding hydrogens is 272 g/mol. The summed E-state index contributed by atoms with van der Waals surface area (Å²) >= 11 is 5.66. The van der Waals surface area contributed by atoms with Gasteiger partial charge in [0.25, 0.3) is 0 Å². The van der Waals surface area contributed by atoms with Gasteiger partial charge in [0.2, 0.25) is 0 Å². The quantitative estimate of drug-likeness (QED) is 0.898. The van der Waals surface area contributed by atoms with E-state index in [0.29, 0.717) is 18.7 Å². The Balaban J connectivity index is 1.96. The summed E-state index contributed by atoms with van der Waals surface area (Å²) in [6, 6.07) is 8.19. The van der Waals surface area contributed by atoms with Crippen molar-refractivity contribution in [1.82, 2.24) is 5.32 Å². The second kappa shape index (κ2) is 5.99. The van der Waals surface area contributed by atoms with Crippen molar-refractivity contribution in [3.05, 3.63) is 64.2 Å². The molecule has 0 saturated carbocycles. The number of aromatic hydroxyl groups is 1. The predicted octanol–water partition coefficient (Wildman–Crippen LogP) is 3.61.